The zero-order valence-corrected chi connectivity index (χ0v) is 10.6. The Hall–Kier alpha value is -2.62. The van der Waals surface area contributed by atoms with Crippen LogP contribution in [0.5, 0.6) is 0 Å². The average Bonchev–Trinajstić information content (AvgIpc) is 2.43. The van der Waals surface area contributed by atoms with Crippen LogP contribution in [-0.4, -0.2) is 11.0 Å². The van der Waals surface area contributed by atoms with Crippen molar-refractivity contribution in [3.05, 3.63) is 66.0 Å². The molecule has 0 bridgehead atoms. The third-order valence-corrected chi connectivity index (χ3v) is 2.53. The summed E-state index contributed by atoms with van der Waals surface area (Å²) < 4.78 is 0. The van der Waals surface area contributed by atoms with Crippen molar-refractivity contribution in [1.29, 1.82) is 0 Å². The summed E-state index contributed by atoms with van der Waals surface area (Å²) in [5, 5.41) is 5.32. The van der Waals surface area contributed by atoms with E-state index in [1.165, 1.54) is 0 Å². The van der Waals surface area contributed by atoms with Gasteiger partial charge < -0.3 is 5.32 Å². The number of hydrogen-bond donors (Lipinski definition) is 2. The van der Waals surface area contributed by atoms with Crippen molar-refractivity contribution in [2.45, 2.75) is 6.92 Å². The first-order valence-corrected chi connectivity index (χ1v) is 5.96. The summed E-state index contributed by atoms with van der Waals surface area (Å²) >= 11 is 0. The van der Waals surface area contributed by atoms with Crippen molar-refractivity contribution in [2.75, 3.05) is 5.32 Å². The Morgan fingerprint density at radius 1 is 1.16 bits per heavy atom. The minimum absolute atomic E-state index is 0.311. The molecule has 2 amide bonds. The molecule has 2 N–H and O–H groups in total. The Bertz CT molecular complexity index is 579. The number of rotatable bonds is 3. The molecule has 0 saturated carbocycles. The van der Waals surface area contributed by atoms with Gasteiger partial charge in [-0.1, -0.05) is 36.4 Å². The van der Waals surface area contributed by atoms with Crippen molar-refractivity contribution in [2.24, 2.45) is 0 Å². The smallest absolute Gasteiger partial charge is 0.314 e. The third kappa shape index (κ3) is 3.96. The van der Waals surface area contributed by atoms with Gasteiger partial charge in [-0.25, -0.2) is 9.78 Å². The average molecular weight is 253 g/mol. The number of carbonyl (C=O) groups excluding carboxylic acids is 1. The highest BCUT2D eigenvalue weighted by Gasteiger charge is 2.02. The fourth-order valence-corrected chi connectivity index (χ4v) is 1.54. The van der Waals surface area contributed by atoms with Gasteiger partial charge in [0.25, 0.3) is 0 Å². The molecular weight excluding hydrogens is 238 g/mol. The molecule has 0 saturated heterocycles. The lowest BCUT2D eigenvalue weighted by molar-refractivity contribution is 0.255. The van der Waals surface area contributed by atoms with Gasteiger partial charge in [0.05, 0.1) is 0 Å². The summed E-state index contributed by atoms with van der Waals surface area (Å²) in [5.74, 6) is 0.563. The van der Waals surface area contributed by atoms with Crippen molar-refractivity contribution in [3.8, 4) is 0 Å². The molecular formula is C15H15N3O. The Morgan fingerprint density at radius 2 is 1.95 bits per heavy atom. The summed E-state index contributed by atoms with van der Waals surface area (Å²) in [6, 6.07) is 13.2. The Balaban J connectivity index is 1.89. The van der Waals surface area contributed by atoms with Gasteiger partial charge in [0.15, 0.2) is 0 Å². The standard InChI is InChI=1S/C15H15N3O/c1-12-6-5-10-16-14(12)18-15(19)17-11-9-13-7-3-2-4-8-13/h2-11H,1H3,(H2,16,17,18,19)/b11-9+. The molecule has 0 unspecified atom stereocenters. The second-order valence-electron chi connectivity index (χ2n) is 4.01. The molecule has 1 heterocycles. The summed E-state index contributed by atoms with van der Waals surface area (Å²) in [6.07, 6.45) is 5.07. The molecule has 0 aliphatic heterocycles. The first-order valence-electron chi connectivity index (χ1n) is 5.96. The number of anilines is 1. The highest BCUT2D eigenvalue weighted by Crippen LogP contribution is 2.08. The molecule has 0 fully saturated rings. The Kier molecular flexibility index (Phi) is 4.29. The number of hydrogen-bond acceptors (Lipinski definition) is 2. The molecule has 2 aromatic rings. The number of aryl methyl sites for hydroxylation is 1. The zero-order chi connectivity index (χ0) is 13.5. The maximum atomic E-state index is 11.6. The Labute approximate surface area is 112 Å². The van der Waals surface area contributed by atoms with Crippen molar-refractivity contribution < 1.29 is 4.79 Å². The lowest BCUT2D eigenvalue weighted by Crippen LogP contribution is -2.24. The normalized spacial score (nSPS) is 10.4. The minimum atomic E-state index is -0.311. The van der Waals surface area contributed by atoms with Crippen LogP contribution in [0.25, 0.3) is 6.08 Å². The number of aromatic nitrogens is 1. The number of urea groups is 1. The first-order chi connectivity index (χ1) is 9.25. The van der Waals surface area contributed by atoms with Crippen molar-refractivity contribution in [3.63, 3.8) is 0 Å². The predicted molar refractivity (Wildman–Crippen MR) is 76.6 cm³/mol. The summed E-state index contributed by atoms with van der Waals surface area (Å²) in [5.41, 5.74) is 1.95. The fourth-order valence-electron chi connectivity index (χ4n) is 1.54. The van der Waals surface area contributed by atoms with Crippen LogP contribution in [0.3, 0.4) is 0 Å². The Morgan fingerprint density at radius 3 is 2.68 bits per heavy atom. The minimum Gasteiger partial charge on any atom is -0.314 e. The van der Waals surface area contributed by atoms with E-state index in [4.69, 9.17) is 0 Å². The van der Waals surface area contributed by atoms with Crippen LogP contribution in [0.2, 0.25) is 0 Å². The monoisotopic (exact) mass is 253 g/mol. The SMILES string of the molecule is Cc1cccnc1NC(=O)N/C=C/c1ccccc1. The maximum Gasteiger partial charge on any atom is 0.324 e. The van der Waals surface area contributed by atoms with Gasteiger partial charge in [-0.3, -0.25) is 5.32 Å². The highest BCUT2D eigenvalue weighted by molar-refractivity contribution is 5.89. The topological polar surface area (TPSA) is 54.0 Å². The van der Waals surface area contributed by atoms with Crippen LogP contribution in [0.15, 0.2) is 54.9 Å². The highest BCUT2D eigenvalue weighted by atomic mass is 16.2. The van der Waals surface area contributed by atoms with Crippen LogP contribution in [0.4, 0.5) is 10.6 Å². The third-order valence-electron chi connectivity index (χ3n) is 2.53. The van der Waals surface area contributed by atoms with Gasteiger partial charge in [-0.05, 0) is 30.2 Å². The van der Waals surface area contributed by atoms with E-state index >= 15 is 0 Å². The summed E-state index contributed by atoms with van der Waals surface area (Å²) in [7, 11) is 0. The van der Waals surface area contributed by atoms with E-state index in [1.54, 1.807) is 12.4 Å². The predicted octanol–water partition coefficient (Wildman–Crippen LogP) is 3.18. The molecule has 4 heteroatoms. The second kappa shape index (κ2) is 6.35. The van der Waals surface area contributed by atoms with Gasteiger partial charge in [0, 0.05) is 12.4 Å². The van der Waals surface area contributed by atoms with Gasteiger partial charge >= 0.3 is 6.03 Å². The van der Waals surface area contributed by atoms with E-state index in [0.29, 0.717) is 5.82 Å². The van der Waals surface area contributed by atoms with Gasteiger partial charge in [-0.15, -0.1) is 0 Å². The van der Waals surface area contributed by atoms with Crippen LogP contribution >= 0.6 is 0 Å². The van der Waals surface area contributed by atoms with Crippen LogP contribution in [-0.2, 0) is 0 Å². The van der Waals surface area contributed by atoms with Crippen LogP contribution in [0.1, 0.15) is 11.1 Å². The molecule has 19 heavy (non-hydrogen) atoms. The van der Waals surface area contributed by atoms with Gasteiger partial charge in [-0.2, -0.15) is 0 Å². The quantitative estimate of drug-likeness (QED) is 0.882. The largest absolute Gasteiger partial charge is 0.324 e. The van der Waals surface area contributed by atoms with Crippen LogP contribution < -0.4 is 10.6 Å². The number of benzene rings is 1. The number of amides is 2. The van der Waals surface area contributed by atoms with Gasteiger partial charge in [0.1, 0.15) is 5.82 Å². The molecule has 0 aliphatic carbocycles. The van der Waals surface area contributed by atoms with E-state index in [9.17, 15) is 4.79 Å². The molecule has 0 radical (unpaired) electrons. The van der Waals surface area contributed by atoms with Crippen LogP contribution in [0, 0.1) is 6.92 Å². The molecule has 2 rings (SSSR count). The number of nitrogens with one attached hydrogen (secondary N) is 2. The van der Waals surface area contributed by atoms with E-state index in [1.807, 2.05) is 55.5 Å². The molecule has 96 valence electrons. The molecule has 4 nitrogen and oxygen atoms in total. The molecule has 1 aromatic carbocycles. The molecule has 0 atom stereocenters. The van der Waals surface area contributed by atoms with E-state index < -0.39 is 0 Å². The maximum absolute atomic E-state index is 11.6. The zero-order valence-electron chi connectivity index (χ0n) is 10.6. The first kappa shape index (κ1) is 12.8. The molecule has 0 spiro atoms. The van der Waals surface area contributed by atoms with Crippen molar-refractivity contribution >= 4 is 17.9 Å². The van der Waals surface area contributed by atoms with E-state index in [2.05, 4.69) is 15.6 Å². The number of pyridine rings is 1. The van der Waals surface area contributed by atoms with E-state index in [0.717, 1.165) is 11.1 Å². The summed E-state index contributed by atoms with van der Waals surface area (Å²) in [4.78, 5) is 15.7. The second-order valence-corrected chi connectivity index (χ2v) is 4.01. The number of carbonyl (C=O) groups is 1. The summed E-state index contributed by atoms with van der Waals surface area (Å²) in [6.45, 7) is 1.89. The lowest BCUT2D eigenvalue weighted by atomic mass is 10.2. The molecule has 0 aliphatic rings. The number of nitrogens with zero attached hydrogens (tertiary/aromatic N) is 1. The van der Waals surface area contributed by atoms with Crippen molar-refractivity contribution in [1.82, 2.24) is 10.3 Å². The fraction of sp³-hybridized carbons (Fsp3) is 0.0667. The lowest BCUT2D eigenvalue weighted by Gasteiger charge is -2.05. The van der Waals surface area contributed by atoms with E-state index in [-0.39, 0.29) is 6.03 Å². The molecule has 1 aromatic heterocycles. The van der Waals surface area contributed by atoms with Gasteiger partial charge in [0.2, 0.25) is 0 Å².